The van der Waals surface area contributed by atoms with Crippen molar-refractivity contribution in [3.63, 3.8) is 0 Å². The molecule has 88 valence electrons. The van der Waals surface area contributed by atoms with E-state index in [1.165, 1.54) is 35.5 Å². The van der Waals surface area contributed by atoms with Crippen LogP contribution < -0.4 is 5.73 Å². The molecule has 2 N–H and O–H groups in total. The van der Waals surface area contributed by atoms with Crippen LogP contribution in [-0.2, 0) is 5.54 Å². The Morgan fingerprint density at radius 3 is 2.44 bits per heavy atom. The Labute approximate surface area is 103 Å². The Bertz CT molecular complexity index is 348. The molecule has 1 aliphatic heterocycles. The molecule has 1 fully saturated rings. The van der Waals surface area contributed by atoms with Gasteiger partial charge in [0.1, 0.15) is 0 Å². The maximum atomic E-state index is 6.26. The minimum atomic E-state index is -0.221. The molecule has 0 amide bonds. The second kappa shape index (κ2) is 4.80. The van der Waals surface area contributed by atoms with E-state index in [2.05, 4.69) is 49.9 Å². The molecule has 0 radical (unpaired) electrons. The maximum absolute atomic E-state index is 6.26. The van der Waals surface area contributed by atoms with Gasteiger partial charge in [0.05, 0.1) is 0 Å². The summed E-state index contributed by atoms with van der Waals surface area (Å²) < 4.78 is 0. The number of nitrogens with two attached hydrogens (primary N) is 1. The van der Waals surface area contributed by atoms with E-state index in [9.17, 15) is 0 Å². The van der Waals surface area contributed by atoms with Crippen LogP contribution in [0.3, 0.4) is 0 Å². The van der Waals surface area contributed by atoms with Crippen molar-refractivity contribution in [3.05, 3.63) is 35.4 Å². The Hall–Kier alpha value is -0.470. The fourth-order valence-electron chi connectivity index (χ4n) is 2.45. The predicted octanol–water partition coefficient (Wildman–Crippen LogP) is 3.49. The van der Waals surface area contributed by atoms with Gasteiger partial charge in [-0.15, -0.1) is 0 Å². The van der Waals surface area contributed by atoms with Crippen LogP contribution in [0.1, 0.15) is 43.7 Å². The second-order valence-electron chi connectivity index (χ2n) is 5.20. The molecule has 2 rings (SSSR count). The van der Waals surface area contributed by atoms with Gasteiger partial charge in [0, 0.05) is 5.54 Å². The molecular weight excluding hydrogens is 214 g/mol. The van der Waals surface area contributed by atoms with Crippen LogP contribution in [0.5, 0.6) is 0 Å². The normalized spacial score (nSPS) is 18.7. The zero-order valence-corrected chi connectivity index (χ0v) is 11.0. The van der Waals surface area contributed by atoms with Crippen LogP contribution in [0.25, 0.3) is 0 Å². The highest BCUT2D eigenvalue weighted by atomic mass is 32.2. The molecule has 0 spiro atoms. The van der Waals surface area contributed by atoms with Gasteiger partial charge in [0.15, 0.2) is 0 Å². The van der Waals surface area contributed by atoms with Gasteiger partial charge in [-0.25, -0.2) is 0 Å². The lowest BCUT2D eigenvalue weighted by molar-refractivity contribution is 0.529. The first-order valence-corrected chi connectivity index (χ1v) is 7.20. The topological polar surface area (TPSA) is 26.0 Å². The Morgan fingerprint density at radius 2 is 1.81 bits per heavy atom. The van der Waals surface area contributed by atoms with E-state index in [0.717, 1.165) is 5.92 Å². The molecule has 1 aromatic rings. The first kappa shape index (κ1) is 12.0. The number of hydrogen-bond acceptors (Lipinski definition) is 2. The van der Waals surface area contributed by atoms with E-state index in [-0.39, 0.29) is 5.54 Å². The largest absolute Gasteiger partial charge is 0.322 e. The highest BCUT2D eigenvalue weighted by Gasteiger charge is 2.23. The molecule has 0 atom stereocenters. The Kier molecular flexibility index (Phi) is 3.60. The van der Waals surface area contributed by atoms with Crippen molar-refractivity contribution in [1.82, 2.24) is 0 Å². The van der Waals surface area contributed by atoms with Crippen molar-refractivity contribution >= 4 is 11.8 Å². The summed E-state index contributed by atoms with van der Waals surface area (Å²) in [7, 11) is 0. The summed E-state index contributed by atoms with van der Waals surface area (Å²) in [6.07, 6.45) is 2.61. The molecule has 16 heavy (non-hydrogen) atoms. The molecule has 2 heteroatoms. The molecule has 1 nitrogen and oxygen atoms in total. The van der Waals surface area contributed by atoms with Crippen molar-refractivity contribution in [2.75, 3.05) is 11.5 Å². The SMILES string of the molecule is CC(C)(N)c1ccccc1C1CCSCC1. The zero-order valence-electron chi connectivity index (χ0n) is 10.2. The van der Waals surface area contributed by atoms with Gasteiger partial charge in [-0.05, 0) is 55.2 Å². The molecule has 1 aliphatic rings. The first-order chi connectivity index (χ1) is 7.59. The lowest BCUT2D eigenvalue weighted by Gasteiger charge is -2.29. The lowest BCUT2D eigenvalue weighted by atomic mass is 9.83. The van der Waals surface area contributed by atoms with Gasteiger partial charge in [0.2, 0.25) is 0 Å². The first-order valence-electron chi connectivity index (χ1n) is 6.05. The molecule has 0 saturated carbocycles. The standard InChI is InChI=1S/C14H21NS/c1-14(2,15)13-6-4-3-5-12(13)11-7-9-16-10-8-11/h3-6,11H,7-10,15H2,1-2H3. The zero-order chi connectivity index (χ0) is 11.6. The quantitative estimate of drug-likeness (QED) is 0.849. The van der Waals surface area contributed by atoms with Crippen LogP contribution in [0.15, 0.2) is 24.3 Å². The average molecular weight is 235 g/mol. The number of benzene rings is 1. The highest BCUT2D eigenvalue weighted by molar-refractivity contribution is 7.99. The third-order valence-electron chi connectivity index (χ3n) is 3.32. The van der Waals surface area contributed by atoms with Crippen LogP contribution in [0, 0.1) is 0 Å². The molecule has 0 bridgehead atoms. The second-order valence-corrected chi connectivity index (χ2v) is 6.42. The van der Waals surface area contributed by atoms with Crippen LogP contribution >= 0.6 is 11.8 Å². The predicted molar refractivity (Wildman–Crippen MR) is 73.0 cm³/mol. The average Bonchev–Trinajstić information content (AvgIpc) is 2.29. The number of rotatable bonds is 2. The van der Waals surface area contributed by atoms with Gasteiger partial charge >= 0.3 is 0 Å². The summed E-state index contributed by atoms with van der Waals surface area (Å²) in [6, 6.07) is 8.71. The lowest BCUT2D eigenvalue weighted by Crippen LogP contribution is -2.30. The third kappa shape index (κ3) is 2.61. The number of hydrogen-bond donors (Lipinski definition) is 1. The molecule has 0 aliphatic carbocycles. The molecular formula is C14H21NS. The highest BCUT2D eigenvalue weighted by Crippen LogP contribution is 2.35. The summed E-state index contributed by atoms with van der Waals surface area (Å²) in [5.74, 6) is 3.31. The summed E-state index contributed by atoms with van der Waals surface area (Å²) >= 11 is 2.08. The van der Waals surface area contributed by atoms with Crippen LogP contribution in [0.4, 0.5) is 0 Å². The minimum absolute atomic E-state index is 0.221. The van der Waals surface area contributed by atoms with E-state index in [1.807, 2.05) is 0 Å². The van der Waals surface area contributed by atoms with Gasteiger partial charge in [-0.1, -0.05) is 24.3 Å². The van der Waals surface area contributed by atoms with E-state index in [1.54, 1.807) is 0 Å². The smallest absolute Gasteiger partial charge is 0.0355 e. The van der Waals surface area contributed by atoms with Gasteiger partial charge in [-0.3, -0.25) is 0 Å². The van der Waals surface area contributed by atoms with Crippen molar-refractivity contribution in [2.24, 2.45) is 5.73 Å². The summed E-state index contributed by atoms with van der Waals surface area (Å²) in [5, 5.41) is 0. The van der Waals surface area contributed by atoms with Gasteiger partial charge in [-0.2, -0.15) is 11.8 Å². The number of thioether (sulfide) groups is 1. The van der Waals surface area contributed by atoms with Gasteiger partial charge in [0.25, 0.3) is 0 Å². The summed E-state index contributed by atoms with van der Waals surface area (Å²) in [5.41, 5.74) is 8.85. The molecule has 1 heterocycles. The van der Waals surface area contributed by atoms with E-state index < -0.39 is 0 Å². The van der Waals surface area contributed by atoms with Crippen molar-refractivity contribution in [1.29, 1.82) is 0 Å². The van der Waals surface area contributed by atoms with Crippen LogP contribution in [-0.4, -0.2) is 11.5 Å². The fraction of sp³-hybridized carbons (Fsp3) is 0.571. The molecule has 0 aromatic heterocycles. The molecule has 1 aromatic carbocycles. The van der Waals surface area contributed by atoms with Gasteiger partial charge < -0.3 is 5.73 Å². The minimum Gasteiger partial charge on any atom is -0.322 e. The van der Waals surface area contributed by atoms with E-state index in [4.69, 9.17) is 5.73 Å². The van der Waals surface area contributed by atoms with E-state index >= 15 is 0 Å². The monoisotopic (exact) mass is 235 g/mol. The molecule has 1 saturated heterocycles. The fourth-order valence-corrected chi connectivity index (χ4v) is 3.55. The summed E-state index contributed by atoms with van der Waals surface area (Å²) in [6.45, 7) is 4.20. The van der Waals surface area contributed by atoms with Crippen molar-refractivity contribution in [2.45, 2.75) is 38.1 Å². The molecule has 0 unspecified atom stereocenters. The van der Waals surface area contributed by atoms with E-state index in [0.29, 0.717) is 0 Å². The third-order valence-corrected chi connectivity index (χ3v) is 4.36. The Morgan fingerprint density at radius 1 is 1.19 bits per heavy atom. The maximum Gasteiger partial charge on any atom is 0.0355 e. The van der Waals surface area contributed by atoms with Crippen molar-refractivity contribution in [3.8, 4) is 0 Å². The Balaban J connectivity index is 2.32. The van der Waals surface area contributed by atoms with Crippen LogP contribution in [0.2, 0.25) is 0 Å². The van der Waals surface area contributed by atoms with Crippen molar-refractivity contribution < 1.29 is 0 Å². The summed E-state index contributed by atoms with van der Waals surface area (Å²) in [4.78, 5) is 0.